The predicted octanol–water partition coefficient (Wildman–Crippen LogP) is 23.8. The lowest BCUT2D eigenvalue weighted by molar-refractivity contribution is 0.415. The Labute approximate surface area is 663 Å². The van der Waals surface area contributed by atoms with Gasteiger partial charge >= 0.3 is 0 Å². The summed E-state index contributed by atoms with van der Waals surface area (Å²) in [4.78, 5) is 52.5. The predicted molar refractivity (Wildman–Crippen MR) is 470 cm³/mol. The molecule has 1 aliphatic heterocycles. The Kier molecular flexibility index (Phi) is 23.2. The summed E-state index contributed by atoms with van der Waals surface area (Å²) in [6.45, 7) is 17.1. The third-order valence-corrected chi connectivity index (χ3v) is 20.6. The van der Waals surface area contributed by atoms with Crippen molar-refractivity contribution in [1.29, 1.82) is 0 Å². The van der Waals surface area contributed by atoms with Gasteiger partial charge in [0.15, 0.2) is 0 Å². The second-order valence-corrected chi connectivity index (χ2v) is 30.3. The number of benzene rings is 12. The first-order chi connectivity index (χ1) is 53.4. The highest BCUT2D eigenvalue weighted by Gasteiger charge is 2.15. The summed E-state index contributed by atoms with van der Waals surface area (Å²) >= 11 is 5.74. The number of aryl methyl sites for hydroxylation is 7. The Morgan fingerprint density at radius 1 is 0.355 bits per heavy atom. The molecule has 0 spiro atoms. The first-order valence-electron chi connectivity index (χ1n) is 37.1. The van der Waals surface area contributed by atoms with Crippen molar-refractivity contribution in [2.75, 3.05) is 44.1 Å². The third kappa shape index (κ3) is 18.4. The highest BCUT2D eigenvalue weighted by Crippen LogP contribution is 2.31. The van der Waals surface area contributed by atoms with Crippen LogP contribution in [-0.2, 0) is 6.42 Å². The van der Waals surface area contributed by atoms with Gasteiger partial charge < -0.3 is 44.4 Å². The minimum Gasteiger partial charge on any atom is -0.497 e. The summed E-state index contributed by atoms with van der Waals surface area (Å²) in [5.74, 6) is 6.40. The van der Waals surface area contributed by atoms with Crippen LogP contribution in [0.25, 0.3) is 135 Å². The van der Waals surface area contributed by atoms with Crippen molar-refractivity contribution < 1.29 is 4.74 Å². The van der Waals surface area contributed by atoms with Crippen molar-refractivity contribution in [2.45, 2.75) is 67.7 Å². The summed E-state index contributed by atoms with van der Waals surface area (Å²) < 4.78 is 7.46. The van der Waals surface area contributed by atoms with Crippen LogP contribution in [0.3, 0.4) is 0 Å². The average Bonchev–Trinajstić information content (AvgIpc) is 1.71. The summed E-state index contributed by atoms with van der Waals surface area (Å²) in [5.41, 5.74) is 30.6. The molecule has 0 radical (unpaired) electrons. The first kappa shape index (κ1) is 74.9. The summed E-state index contributed by atoms with van der Waals surface area (Å²) in [5, 5.41) is 0. The van der Waals surface area contributed by atoms with Gasteiger partial charge in [0.05, 0.1) is 73.3 Å². The van der Waals surface area contributed by atoms with E-state index in [2.05, 4.69) is 363 Å². The molecule has 110 heavy (non-hydrogen) atoms. The van der Waals surface area contributed by atoms with Gasteiger partial charge in [-0.25, -0.2) is 29.9 Å². The topological polar surface area (TPSA) is 188 Å². The summed E-state index contributed by atoms with van der Waals surface area (Å²) in [6.07, 6.45) is 3.69. The Hall–Kier alpha value is -11.9. The molecule has 0 atom stereocenters. The minimum atomic E-state index is 0.853. The molecule has 12 aromatic carbocycles. The van der Waals surface area contributed by atoms with Crippen molar-refractivity contribution >= 4 is 116 Å². The number of nitrogens with one attached hydrogen (secondary N) is 6. The Morgan fingerprint density at radius 2 is 0.618 bits per heavy atom. The van der Waals surface area contributed by atoms with Gasteiger partial charge in [-0.15, -0.1) is 0 Å². The maximum Gasteiger partial charge on any atom is 0.138 e. The molecule has 0 bridgehead atoms. The average molecular weight is 1620 g/mol. The van der Waals surface area contributed by atoms with Gasteiger partial charge in [-0.3, -0.25) is 0 Å². The van der Waals surface area contributed by atoms with Crippen LogP contribution in [0.15, 0.2) is 259 Å². The van der Waals surface area contributed by atoms with E-state index in [-0.39, 0.29) is 0 Å². The number of fused-ring (bicyclic) bond motifs is 6. The van der Waals surface area contributed by atoms with Gasteiger partial charge in [-0.05, 0) is 292 Å². The molecule has 19 rings (SSSR count). The van der Waals surface area contributed by atoms with Crippen molar-refractivity contribution in [3.63, 3.8) is 0 Å². The van der Waals surface area contributed by atoms with E-state index in [0.29, 0.717) is 0 Å². The van der Waals surface area contributed by atoms with Crippen LogP contribution >= 0.6 is 38.5 Å². The molecular formula is C93H88BrIN14O. The molecule has 1 fully saturated rings. The number of ether oxygens (including phenoxy) is 1. The van der Waals surface area contributed by atoms with Gasteiger partial charge in [0, 0.05) is 80.0 Å². The van der Waals surface area contributed by atoms with E-state index < -0.39 is 0 Å². The molecule has 0 amide bonds. The zero-order valence-electron chi connectivity index (χ0n) is 63.5. The quantitative estimate of drug-likeness (QED) is 0.0724. The molecule has 1 aliphatic rings. The number of nitrogens with zero attached hydrogens (tertiary/aromatic N) is 8. The number of aromatic amines is 6. The molecule has 0 unspecified atom stereocenters. The number of imidazole rings is 6. The largest absolute Gasteiger partial charge is 0.497 e. The van der Waals surface area contributed by atoms with Gasteiger partial charge in [-0.2, -0.15) is 0 Å². The van der Waals surface area contributed by atoms with Gasteiger partial charge in [0.1, 0.15) is 40.7 Å². The normalized spacial score (nSPS) is 11.7. The zero-order valence-corrected chi connectivity index (χ0v) is 67.3. The monoisotopic (exact) mass is 1620 g/mol. The summed E-state index contributed by atoms with van der Waals surface area (Å²) in [7, 11) is 5.75. The second-order valence-electron chi connectivity index (χ2n) is 28.1. The fourth-order valence-electron chi connectivity index (χ4n) is 13.1. The Balaban J connectivity index is 0.000000110. The van der Waals surface area contributed by atoms with Crippen molar-refractivity contribution in [1.82, 2.24) is 59.8 Å². The fraction of sp³-hybridized carbons (Fsp3) is 0.161. The fourth-order valence-corrected chi connectivity index (χ4v) is 13.8. The van der Waals surface area contributed by atoms with E-state index in [1.165, 1.54) is 79.8 Å². The molecule has 0 saturated carbocycles. The van der Waals surface area contributed by atoms with Crippen LogP contribution in [0.1, 0.15) is 58.7 Å². The number of halogens is 2. The second kappa shape index (κ2) is 34.1. The number of H-pyrrole nitrogens is 6. The molecule has 7 heterocycles. The van der Waals surface area contributed by atoms with Crippen LogP contribution in [0.2, 0.25) is 0 Å². The minimum absolute atomic E-state index is 0.853. The van der Waals surface area contributed by atoms with Gasteiger partial charge in [-0.1, -0.05) is 108 Å². The molecule has 6 aromatic heterocycles. The lowest BCUT2D eigenvalue weighted by Crippen LogP contribution is -2.17. The number of aromatic nitrogens is 12. The molecule has 6 N–H and O–H groups in total. The molecular weight excluding hydrogens is 1540 g/mol. The molecule has 18 aromatic rings. The number of methoxy groups -OCH3 is 1. The summed E-state index contributed by atoms with van der Waals surface area (Å²) in [6, 6.07) is 87.7. The maximum absolute atomic E-state index is 5.15. The number of hydrogen-bond acceptors (Lipinski definition) is 9. The van der Waals surface area contributed by atoms with E-state index in [9.17, 15) is 0 Å². The molecule has 550 valence electrons. The van der Waals surface area contributed by atoms with Gasteiger partial charge in [0.2, 0.25) is 0 Å². The first-order valence-corrected chi connectivity index (χ1v) is 38.9. The molecule has 15 nitrogen and oxygen atoms in total. The highest BCUT2D eigenvalue weighted by atomic mass is 127. The lowest BCUT2D eigenvalue weighted by Gasteiger charge is -2.17. The van der Waals surface area contributed by atoms with E-state index in [0.717, 1.165) is 151 Å². The number of anilines is 2. The zero-order chi connectivity index (χ0) is 76.4. The lowest BCUT2D eigenvalue weighted by atomic mass is 10.1. The molecule has 17 heteroatoms. The smallest absolute Gasteiger partial charge is 0.138 e. The van der Waals surface area contributed by atoms with E-state index >= 15 is 0 Å². The third-order valence-electron chi connectivity index (χ3n) is 19.3. The van der Waals surface area contributed by atoms with Crippen LogP contribution in [0.4, 0.5) is 11.4 Å². The van der Waals surface area contributed by atoms with Crippen molar-refractivity contribution in [3.8, 4) is 74.1 Å². The molecule has 1 saturated heterocycles. The van der Waals surface area contributed by atoms with E-state index in [1.807, 2.05) is 62.6 Å². The van der Waals surface area contributed by atoms with Crippen molar-refractivity contribution in [2.24, 2.45) is 0 Å². The number of rotatable bonds is 10. The Bertz CT molecular complexity index is 5880. The highest BCUT2D eigenvalue weighted by molar-refractivity contribution is 14.1. The van der Waals surface area contributed by atoms with Gasteiger partial charge in [0.25, 0.3) is 0 Å². The van der Waals surface area contributed by atoms with Crippen LogP contribution in [-0.4, -0.2) is 94.1 Å². The van der Waals surface area contributed by atoms with E-state index in [4.69, 9.17) is 4.74 Å². The SMILES string of the molecule is CCc1ccc(-c2nc3ccc(C)cc3[nH]2)cc1.COc1ccc(-c2nc3ccc(C)cc3[nH]2)cc1.Cc1ccc2nc(-c3ccc(Br)cc3)[nH]c2c1.Cc1ccc2nc(-c3ccc(I)cc3)[nH]c2c1.Cc1ccc2nc(-c3ccc(N(C)C)cc3)[nH]c2c1.Cc1ccc2nc(-c3ccc(N4CCCC4)cc3)[nH]c2c1. The van der Waals surface area contributed by atoms with Crippen LogP contribution < -0.4 is 14.5 Å². The van der Waals surface area contributed by atoms with Crippen molar-refractivity contribution in [3.05, 3.63) is 302 Å². The standard InChI is InChI=1S/C18H19N3.C16H17N3.C16H16N2.C15H14N2O.C14H11BrN2.C14H11IN2/c1-13-4-9-16-17(12-13)20-18(19-16)14-5-7-15(8-6-14)21-10-2-3-11-21;1-11-4-9-14-15(10-11)18-16(17-14)12-5-7-13(8-6-12)19(2)3;1-3-12-5-7-13(8-6-12)16-17-14-9-4-11(2)10-15(14)18-16;1-10-3-8-13-14(9-10)17-15(16-13)11-4-6-12(18-2)7-5-11;2*1-9-2-7-12-13(8-9)17-14(16-12)10-3-5-11(15)6-4-10/h4-9,12H,2-3,10-11H2,1H3,(H,19,20);4-10H,1-3H3,(H,17,18);4-10H,3H2,1-2H3,(H,17,18);3-9H,1-2H3,(H,16,17);2*2-8H,1H3,(H,16,17). The van der Waals surface area contributed by atoms with E-state index in [1.54, 1.807) is 7.11 Å². The Morgan fingerprint density at radius 3 is 0.900 bits per heavy atom. The maximum atomic E-state index is 5.15. The van der Waals surface area contributed by atoms with Crippen LogP contribution in [0.5, 0.6) is 5.75 Å². The van der Waals surface area contributed by atoms with Crippen LogP contribution in [0, 0.1) is 45.1 Å². The number of hydrogen-bond donors (Lipinski definition) is 6. The molecule has 0 aliphatic carbocycles.